The molecule has 14 heavy (non-hydrogen) atoms. The van der Waals surface area contributed by atoms with Crippen LogP contribution in [0.4, 0.5) is 0 Å². The molecule has 0 aliphatic carbocycles. The van der Waals surface area contributed by atoms with Gasteiger partial charge in [-0.3, -0.25) is 4.18 Å². The summed E-state index contributed by atoms with van der Waals surface area (Å²) in [6.07, 6.45) is -0.649. The second-order valence-corrected chi connectivity index (χ2v) is 5.26. The van der Waals surface area contributed by atoms with Gasteiger partial charge in [-0.2, -0.15) is 8.42 Å². The maximum atomic E-state index is 11.3. The van der Waals surface area contributed by atoms with E-state index < -0.39 is 21.6 Å². The summed E-state index contributed by atoms with van der Waals surface area (Å²) < 4.78 is 35.2. The van der Waals surface area contributed by atoms with Crippen LogP contribution in [0.15, 0.2) is 39.3 Å². The zero-order valence-corrected chi connectivity index (χ0v) is 9.95. The summed E-state index contributed by atoms with van der Waals surface area (Å²) in [5, 5.41) is -0.433. The van der Waals surface area contributed by atoms with Crippen molar-refractivity contribution >= 4 is 32.7 Å². The van der Waals surface area contributed by atoms with Crippen LogP contribution in [-0.2, 0) is 14.3 Å². The Balaban J connectivity index is 2.46. The first-order valence-corrected chi connectivity index (χ1v) is 6.35. The molecule has 1 unspecified atom stereocenters. The number of hydrogen-bond donors (Lipinski definition) is 0. The monoisotopic (exact) mass is 323 g/mol. The summed E-state index contributed by atoms with van der Waals surface area (Å²) >= 11 is 1.84. The first-order valence-electron chi connectivity index (χ1n) is 4.37. The minimum atomic E-state index is -3.83. The number of rotatable bonds is 1. The molecule has 0 fully saturated rings. The lowest BCUT2D eigenvalue weighted by atomic mass is 10.1. The molecule has 1 aliphatic rings. The molecule has 1 atom stereocenters. The lowest BCUT2D eigenvalue weighted by Crippen LogP contribution is -2.01. The lowest BCUT2D eigenvalue weighted by molar-refractivity contribution is 0.275. The third-order valence-corrected chi connectivity index (χ3v) is 3.90. The average molecular weight is 323 g/mol. The molecule has 1 aromatic rings. The normalized spacial score (nSPS) is 26.4. The van der Waals surface area contributed by atoms with Gasteiger partial charge in [-0.1, -0.05) is 30.3 Å². The van der Waals surface area contributed by atoms with Crippen LogP contribution in [0.1, 0.15) is 13.0 Å². The lowest BCUT2D eigenvalue weighted by Gasteiger charge is -2.08. The molecule has 0 saturated carbocycles. The number of hydrogen-bond acceptors (Lipinski definition) is 3. The minimum Gasteiger partial charge on any atom is -0.253 e. The third-order valence-electron chi connectivity index (χ3n) is 1.78. The quantitative estimate of drug-likeness (QED) is 0.589. The first kappa shape index (κ1) is 8.87. The van der Waals surface area contributed by atoms with Crippen molar-refractivity contribution < 1.29 is 14.0 Å². The number of benzene rings is 1. The van der Waals surface area contributed by atoms with E-state index in [1.165, 1.54) is 0 Å². The molecule has 0 N–H and O–H groups in total. The van der Waals surface area contributed by atoms with Gasteiger partial charge < -0.3 is 0 Å². The minimum absolute atomic E-state index is 0.402. The van der Waals surface area contributed by atoms with Gasteiger partial charge in [0.2, 0.25) is 0 Å². The van der Waals surface area contributed by atoms with Crippen LogP contribution in [0.3, 0.4) is 0 Å². The molecule has 0 spiro atoms. The maximum absolute atomic E-state index is 11.3. The highest BCUT2D eigenvalue weighted by Gasteiger charge is 2.29. The molecular formula is C9H7IO3S. The summed E-state index contributed by atoms with van der Waals surface area (Å²) in [5.41, 5.74) is 0.743. The topological polar surface area (TPSA) is 43.4 Å². The van der Waals surface area contributed by atoms with Gasteiger partial charge >= 0.3 is 0 Å². The van der Waals surface area contributed by atoms with Crippen LogP contribution < -0.4 is 0 Å². The zero-order valence-electron chi connectivity index (χ0n) is 7.98. The Morgan fingerprint density at radius 2 is 2.00 bits per heavy atom. The maximum Gasteiger partial charge on any atom is 0.291 e. The van der Waals surface area contributed by atoms with E-state index in [1.807, 2.05) is 28.7 Å². The van der Waals surface area contributed by atoms with Crippen molar-refractivity contribution in [1.82, 2.24) is 0 Å². The highest BCUT2D eigenvalue weighted by atomic mass is 127. The molecule has 0 bridgehead atoms. The smallest absolute Gasteiger partial charge is 0.253 e. The number of halogens is 1. The van der Waals surface area contributed by atoms with Crippen LogP contribution in [0.5, 0.6) is 0 Å². The van der Waals surface area contributed by atoms with Gasteiger partial charge in [0.1, 0.15) is 6.10 Å². The van der Waals surface area contributed by atoms with E-state index in [4.69, 9.17) is 5.55 Å². The van der Waals surface area contributed by atoms with Crippen molar-refractivity contribution in [3.63, 3.8) is 0 Å². The van der Waals surface area contributed by atoms with Crippen LogP contribution in [0.2, 0.25) is 0 Å². The molecule has 5 heteroatoms. The van der Waals surface area contributed by atoms with Gasteiger partial charge in [-0.15, -0.1) is 0 Å². The van der Waals surface area contributed by atoms with E-state index in [0.29, 0.717) is 3.58 Å². The molecule has 2 rings (SSSR count). The van der Waals surface area contributed by atoms with E-state index in [2.05, 4.69) is 0 Å². The first-order chi connectivity index (χ1) is 7.02. The highest BCUT2D eigenvalue weighted by Crippen LogP contribution is 2.37. The molecule has 0 aromatic heterocycles. The second kappa shape index (κ2) is 3.63. The van der Waals surface area contributed by atoms with Gasteiger partial charge in [0, 0.05) is 3.58 Å². The summed E-state index contributed by atoms with van der Waals surface area (Å²) in [7, 11) is -3.83. The van der Waals surface area contributed by atoms with Gasteiger partial charge in [-0.25, -0.2) is 0 Å². The van der Waals surface area contributed by atoms with Crippen molar-refractivity contribution in [2.75, 3.05) is 0 Å². The molecule has 74 valence electrons. The van der Waals surface area contributed by atoms with Crippen LogP contribution in [0, 0.1) is 0 Å². The van der Waals surface area contributed by atoms with Crippen molar-refractivity contribution in [2.45, 2.75) is 6.10 Å². The predicted octanol–water partition coefficient (Wildman–Crippen LogP) is 2.36. The SMILES string of the molecule is [2H]C1=C(I)C(c2ccccc2)OS1(=O)=O. The molecule has 1 aromatic carbocycles. The van der Waals surface area contributed by atoms with E-state index in [-0.39, 0.29) is 0 Å². The average Bonchev–Trinajstić information content (AvgIpc) is 2.44. The summed E-state index contributed by atoms with van der Waals surface area (Å²) in [6.45, 7) is 0. The van der Waals surface area contributed by atoms with E-state index in [0.717, 1.165) is 5.56 Å². The molecule has 3 nitrogen and oxygen atoms in total. The fourth-order valence-corrected chi connectivity index (χ4v) is 3.52. The van der Waals surface area contributed by atoms with Crippen LogP contribution in [-0.4, -0.2) is 8.42 Å². The zero-order chi connectivity index (χ0) is 11.1. The van der Waals surface area contributed by atoms with Crippen molar-refractivity contribution in [2.24, 2.45) is 0 Å². The Kier molecular flexibility index (Phi) is 2.30. The summed E-state index contributed by atoms with van der Waals surface area (Å²) in [4.78, 5) is 0. The molecular weight excluding hydrogens is 315 g/mol. The van der Waals surface area contributed by atoms with Gasteiger partial charge in [0.15, 0.2) is 0 Å². The molecule has 1 heterocycles. The molecule has 0 saturated heterocycles. The Morgan fingerprint density at radius 3 is 2.50 bits per heavy atom. The van der Waals surface area contributed by atoms with Crippen LogP contribution >= 0.6 is 22.6 Å². The van der Waals surface area contributed by atoms with Gasteiger partial charge in [0.05, 0.1) is 6.75 Å². The van der Waals surface area contributed by atoms with Gasteiger partial charge in [-0.05, 0) is 28.2 Å². The Labute approximate surface area is 97.4 Å². The van der Waals surface area contributed by atoms with E-state index >= 15 is 0 Å². The largest absolute Gasteiger partial charge is 0.291 e. The standard InChI is InChI=1S/C9H7IO3S/c10-8-6-14(11,12)13-9(8)7-4-2-1-3-5-7/h1-6,9H/i6D. The Morgan fingerprint density at radius 1 is 1.36 bits per heavy atom. The highest BCUT2D eigenvalue weighted by molar-refractivity contribution is 14.1. The fraction of sp³-hybridized carbons (Fsp3) is 0.111. The van der Waals surface area contributed by atoms with Crippen LogP contribution in [0.25, 0.3) is 0 Å². The van der Waals surface area contributed by atoms with Crippen molar-refractivity contribution in [3.05, 3.63) is 44.9 Å². The third kappa shape index (κ3) is 1.99. The molecule has 0 radical (unpaired) electrons. The Hall–Kier alpha value is -0.400. The van der Waals surface area contributed by atoms with Crippen molar-refractivity contribution in [3.8, 4) is 0 Å². The van der Waals surface area contributed by atoms with Gasteiger partial charge in [0.25, 0.3) is 10.1 Å². The van der Waals surface area contributed by atoms with E-state index in [1.54, 1.807) is 24.3 Å². The Bertz CT molecular complexity index is 509. The fourth-order valence-electron chi connectivity index (χ4n) is 1.20. The predicted molar refractivity (Wildman–Crippen MR) is 61.3 cm³/mol. The summed E-state index contributed by atoms with van der Waals surface area (Å²) in [5.74, 6) is 0. The summed E-state index contributed by atoms with van der Waals surface area (Å²) in [6, 6.07) is 8.99. The second-order valence-electron chi connectivity index (χ2n) is 2.79. The molecule has 0 amide bonds. The van der Waals surface area contributed by atoms with E-state index in [9.17, 15) is 8.42 Å². The molecule has 1 aliphatic heterocycles. The van der Waals surface area contributed by atoms with Crippen molar-refractivity contribution in [1.29, 1.82) is 0 Å².